The zero-order valence-electron chi connectivity index (χ0n) is 13.3. The highest BCUT2D eigenvalue weighted by Crippen LogP contribution is 2.37. The number of hydrogen-bond acceptors (Lipinski definition) is 5. The van der Waals surface area contributed by atoms with Gasteiger partial charge in [-0.1, -0.05) is 30.3 Å². The van der Waals surface area contributed by atoms with Crippen LogP contribution in [0, 0.1) is 0 Å². The molecule has 0 fully saturated rings. The topological polar surface area (TPSA) is 79.7 Å². The van der Waals surface area contributed by atoms with Crippen LogP contribution in [-0.4, -0.2) is 20.8 Å². The molecule has 0 spiro atoms. The minimum Gasteiger partial charge on any atom is -0.493 e. The maximum atomic E-state index is 6.08. The first-order valence-electron chi connectivity index (χ1n) is 7.07. The molecule has 0 saturated carbocycles. The van der Waals surface area contributed by atoms with Crippen LogP contribution < -0.4 is 25.7 Å². The van der Waals surface area contributed by atoms with Crippen LogP contribution in [-0.2, 0) is 6.61 Å². The molecule has 0 aromatic heterocycles. The predicted molar refractivity (Wildman–Crippen MR) is 93.6 cm³/mol. The summed E-state index contributed by atoms with van der Waals surface area (Å²) >= 11 is 0. The third kappa shape index (κ3) is 4.76. The molecule has 0 aliphatic carbocycles. The fourth-order valence-electron chi connectivity index (χ4n) is 2.15. The summed E-state index contributed by atoms with van der Waals surface area (Å²) in [6.07, 6.45) is 0. The van der Waals surface area contributed by atoms with E-state index in [9.17, 15) is 0 Å². The fourth-order valence-corrected chi connectivity index (χ4v) is 2.15. The van der Waals surface area contributed by atoms with Gasteiger partial charge in [-0.05, 0) is 11.6 Å². The van der Waals surface area contributed by atoms with Gasteiger partial charge >= 0.3 is 0 Å². The lowest BCUT2D eigenvalue weighted by atomic mass is 10.1. The SMILES string of the molecule is COc1cc(OCc2ccccc2)c([C@@H](N)CN)cc1OC.Cl. The molecule has 0 saturated heterocycles. The third-order valence-electron chi connectivity index (χ3n) is 3.41. The number of methoxy groups -OCH3 is 2. The summed E-state index contributed by atoms with van der Waals surface area (Å²) < 4.78 is 16.5. The van der Waals surface area contributed by atoms with E-state index in [1.807, 2.05) is 36.4 Å². The van der Waals surface area contributed by atoms with E-state index in [-0.39, 0.29) is 18.4 Å². The molecule has 2 aromatic rings. The zero-order valence-corrected chi connectivity index (χ0v) is 14.1. The molecule has 0 heterocycles. The Labute approximate surface area is 142 Å². The van der Waals surface area contributed by atoms with Crippen molar-refractivity contribution in [2.24, 2.45) is 11.5 Å². The molecule has 0 unspecified atom stereocenters. The van der Waals surface area contributed by atoms with E-state index in [0.29, 0.717) is 30.4 Å². The largest absolute Gasteiger partial charge is 0.493 e. The zero-order chi connectivity index (χ0) is 15.9. The number of nitrogens with two attached hydrogens (primary N) is 2. The van der Waals surface area contributed by atoms with Gasteiger partial charge in [0.05, 0.1) is 14.2 Å². The van der Waals surface area contributed by atoms with Gasteiger partial charge in [-0.15, -0.1) is 12.4 Å². The molecule has 0 aliphatic heterocycles. The number of rotatable bonds is 7. The molecular weight excluding hydrogens is 316 g/mol. The predicted octanol–water partition coefficient (Wildman–Crippen LogP) is 2.66. The van der Waals surface area contributed by atoms with E-state index >= 15 is 0 Å². The van der Waals surface area contributed by atoms with Crippen LogP contribution in [0.1, 0.15) is 17.2 Å². The minimum absolute atomic E-state index is 0. The summed E-state index contributed by atoms with van der Waals surface area (Å²) in [5.41, 5.74) is 13.6. The third-order valence-corrected chi connectivity index (χ3v) is 3.41. The molecule has 0 aliphatic rings. The van der Waals surface area contributed by atoms with E-state index in [4.69, 9.17) is 25.7 Å². The molecule has 2 aromatic carbocycles. The summed E-state index contributed by atoms with van der Waals surface area (Å²) in [6.45, 7) is 0.762. The quantitative estimate of drug-likeness (QED) is 0.811. The van der Waals surface area contributed by atoms with E-state index in [2.05, 4.69) is 0 Å². The van der Waals surface area contributed by atoms with Crippen LogP contribution in [0.5, 0.6) is 17.2 Å². The second kappa shape index (κ2) is 9.25. The summed E-state index contributed by atoms with van der Waals surface area (Å²) in [4.78, 5) is 0. The van der Waals surface area contributed by atoms with Crippen molar-refractivity contribution >= 4 is 12.4 Å². The lowest BCUT2D eigenvalue weighted by molar-refractivity contribution is 0.295. The van der Waals surface area contributed by atoms with Crippen LogP contribution in [0.25, 0.3) is 0 Å². The molecule has 0 amide bonds. The van der Waals surface area contributed by atoms with Gasteiger partial charge in [-0.3, -0.25) is 0 Å². The van der Waals surface area contributed by atoms with E-state index < -0.39 is 0 Å². The molecule has 126 valence electrons. The van der Waals surface area contributed by atoms with Crippen LogP contribution in [0.4, 0.5) is 0 Å². The standard InChI is InChI=1S/C17H22N2O3.ClH/c1-20-16-8-13(14(19)10-18)15(9-17(16)21-2)22-11-12-6-4-3-5-7-12;/h3-9,14H,10-11,18-19H2,1-2H3;1H/t14-;/m0./s1. The maximum Gasteiger partial charge on any atom is 0.164 e. The van der Waals surface area contributed by atoms with Gasteiger partial charge in [-0.2, -0.15) is 0 Å². The normalized spacial score (nSPS) is 11.3. The van der Waals surface area contributed by atoms with Gasteiger partial charge in [0.15, 0.2) is 11.5 Å². The molecule has 2 rings (SSSR count). The lowest BCUT2D eigenvalue weighted by Crippen LogP contribution is -2.21. The summed E-state index contributed by atoms with van der Waals surface area (Å²) in [5.74, 6) is 1.85. The van der Waals surface area contributed by atoms with Crippen LogP contribution in [0.15, 0.2) is 42.5 Å². The second-order valence-electron chi connectivity index (χ2n) is 4.86. The highest BCUT2D eigenvalue weighted by Gasteiger charge is 2.17. The highest BCUT2D eigenvalue weighted by molar-refractivity contribution is 5.85. The Morgan fingerprint density at radius 2 is 1.57 bits per heavy atom. The molecule has 1 atom stereocenters. The highest BCUT2D eigenvalue weighted by atomic mass is 35.5. The lowest BCUT2D eigenvalue weighted by Gasteiger charge is -2.19. The minimum atomic E-state index is -0.328. The smallest absolute Gasteiger partial charge is 0.164 e. The van der Waals surface area contributed by atoms with E-state index in [1.165, 1.54) is 0 Å². The molecule has 23 heavy (non-hydrogen) atoms. The number of benzene rings is 2. The van der Waals surface area contributed by atoms with E-state index in [0.717, 1.165) is 11.1 Å². The monoisotopic (exact) mass is 338 g/mol. The molecule has 0 bridgehead atoms. The van der Waals surface area contributed by atoms with Crippen molar-refractivity contribution in [2.45, 2.75) is 12.6 Å². The Kier molecular flexibility index (Phi) is 7.68. The number of halogens is 1. The van der Waals surface area contributed by atoms with Crippen molar-refractivity contribution in [1.82, 2.24) is 0 Å². The van der Waals surface area contributed by atoms with Crippen LogP contribution in [0.2, 0.25) is 0 Å². The maximum absolute atomic E-state index is 6.08. The van der Waals surface area contributed by atoms with Crippen molar-refractivity contribution in [2.75, 3.05) is 20.8 Å². The van der Waals surface area contributed by atoms with Crippen molar-refractivity contribution < 1.29 is 14.2 Å². The van der Waals surface area contributed by atoms with Gasteiger partial charge in [0.25, 0.3) is 0 Å². The first kappa shape index (κ1) is 19.1. The molecule has 4 N–H and O–H groups in total. The summed E-state index contributed by atoms with van der Waals surface area (Å²) in [6, 6.07) is 13.2. The fraction of sp³-hybridized carbons (Fsp3) is 0.294. The number of ether oxygens (including phenoxy) is 3. The van der Waals surface area contributed by atoms with Crippen molar-refractivity contribution in [3.63, 3.8) is 0 Å². The Morgan fingerprint density at radius 1 is 0.957 bits per heavy atom. The van der Waals surface area contributed by atoms with Gasteiger partial charge in [-0.25, -0.2) is 0 Å². The van der Waals surface area contributed by atoms with Crippen LogP contribution in [0.3, 0.4) is 0 Å². The van der Waals surface area contributed by atoms with Gasteiger partial charge in [0.1, 0.15) is 12.4 Å². The van der Waals surface area contributed by atoms with Gasteiger partial charge in [0.2, 0.25) is 0 Å². The average Bonchev–Trinajstić information content (AvgIpc) is 2.59. The Hall–Kier alpha value is -1.95. The molecule has 5 nitrogen and oxygen atoms in total. The summed E-state index contributed by atoms with van der Waals surface area (Å²) in [5, 5.41) is 0. The van der Waals surface area contributed by atoms with Crippen molar-refractivity contribution in [1.29, 1.82) is 0 Å². The Balaban J connectivity index is 0.00000264. The van der Waals surface area contributed by atoms with Crippen molar-refractivity contribution in [3.8, 4) is 17.2 Å². The van der Waals surface area contributed by atoms with Crippen molar-refractivity contribution in [3.05, 3.63) is 53.6 Å². The van der Waals surface area contributed by atoms with E-state index in [1.54, 1.807) is 20.3 Å². The Bertz CT molecular complexity index is 608. The van der Waals surface area contributed by atoms with Crippen LogP contribution >= 0.6 is 12.4 Å². The first-order chi connectivity index (χ1) is 10.7. The molecular formula is C17H23ClN2O3. The number of hydrogen-bond donors (Lipinski definition) is 2. The second-order valence-corrected chi connectivity index (χ2v) is 4.86. The Morgan fingerprint density at radius 3 is 2.13 bits per heavy atom. The van der Waals surface area contributed by atoms with Gasteiger partial charge in [0, 0.05) is 24.2 Å². The first-order valence-corrected chi connectivity index (χ1v) is 7.07. The molecule has 0 radical (unpaired) electrons. The average molecular weight is 339 g/mol. The molecule has 6 heteroatoms. The summed E-state index contributed by atoms with van der Waals surface area (Å²) in [7, 11) is 3.17. The van der Waals surface area contributed by atoms with Gasteiger partial charge < -0.3 is 25.7 Å².